The zero-order valence-corrected chi connectivity index (χ0v) is 11.0. The van der Waals surface area contributed by atoms with E-state index >= 15 is 0 Å². The molecule has 2 aromatic rings. The molecule has 0 aliphatic carbocycles. The maximum atomic E-state index is 8.96. The smallest absolute Gasteiger partial charge is 0.130 e. The first-order chi connectivity index (χ1) is 9.31. The zero-order chi connectivity index (χ0) is 13.5. The molecular formula is C15H18N2O2. The second-order valence-corrected chi connectivity index (χ2v) is 4.16. The molecule has 1 aromatic carbocycles. The van der Waals surface area contributed by atoms with Crippen molar-refractivity contribution in [2.24, 2.45) is 0 Å². The van der Waals surface area contributed by atoms with Crippen molar-refractivity contribution in [3.05, 3.63) is 53.9 Å². The molecule has 0 aliphatic rings. The number of ether oxygens (including phenoxy) is 1. The third-order valence-electron chi connectivity index (χ3n) is 2.69. The van der Waals surface area contributed by atoms with Crippen molar-refractivity contribution in [2.45, 2.75) is 20.1 Å². The monoisotopic (exact) mass is 258 g/mol. The lowest BCUT2D eigenvalue weighted by Crippen LogP contribution is -2.01. The number of aromatic nitrogens is 1. The van der Waals surface area contributed by atoms with Crippen LogP contribution in [-0.4, -0.2) is 16.6 Å². The summed E-state index contributed by atoms with van der Waals surface area (Å²) < 4.78 is 5.65. The quantitative estimate of drug-likeness (QED) is 0.836. The van der Waals surface area contributed by atoms with E-state index in [1.807, 2.05) is 36.4 Å². The highest BCUT2D eigenvalue weighted by atomic mass is 16.5. The van der Waals surface area contributed by atoms with Crippen LogP contribution in [0.2, 0.25) is 0 Å². The number of anilines is 1. The molecule has 2 rings (SSSR count). The molecule has 1 heterocycles. The molecule has 0 atom stereocenters. The fourth-order valence-electron chi connectivity index (χ4n) is 1.72. The normalized spacial score (nSPS) is 10.2. The van der Waals surface area contributed by atoms with Crippen molar-refractivity contribution in [2.75, 3.05) is 11.9 Å². The van der Waals surface area contributed by atoms with Crippen LogP contribution < -0.4 is 10.1 Å². The van der Waals surface area contributed by atoms with Crippen LogP contribution in [0, 0.1) is 0 Å². The van der Waals surface area contributed by atoms with Gasteiger partial charge in [-0.05, 0) is 36.8 Å². The highest BCUT2D eigenvalue weighted by Gasteiger charge is 1.99. The number of benzene rings is 1. The van der Waals surface area contributed by atoms with Crippen LogP contribution in [0.4, 0.5) is 5.69 Å². The summed E-state index contributed by atoms with van der Waals surface area (Å²) in [7, 11) is 0. The van der Waals surface area contributed by atoms with Crippen LogP contribution in [0.1, 0.15) is 18.2 Å². The van der Waals surface area contributed by atoms with E-state index in [1.165, 1.54) is 0 Å². The summed E-state index contributed by atoms with van der Waals surface area (Å²) in [4.78, 5) is 4.27. The summed E-state index contributed by atoms with van der Waals surface area (Å²) in [6.07, 6.45) is 1.77. The third-order valence-corrected chi connectivity index (χ3v) is 2.69. The standard InChI is InChI=1S/C15H18N2O2/c1-2-16-13-7-8-17-14(9-13)11-19-15-5-3-12(10-18)4-6-15/h3-9,18H,2,10-11H2,1H3,(H,16,17). The Bertz CT molecular complexity index is 512. The van der Waals surface area contributed by atoms with Crippen LogP contribution in [0.5, 0.6) is 5.75 Å². The zero-order valence-electron chi connectivity index (χ0n) is 11.0. The van der Waals surface area contributed by atoms with Crippen LogP contribution in [-0.2, 0) is 13.2 Å². The molecule has 19 heavy (non-hydrogen) atoms. The predicted octanol–water partition coefficient (Wildman–Crippen LogP) is 2.58. The molecular weight excluding hydrogens is 240 g/mol. The predicted molar refractivity (Wildman–Crippen MR) is 75.1 cm³/mol. The van der Waals surface area contributed by atoms with Gasteiger partial charge in [-0.15, -0.1) is 0 Å². The molecule has 0 spiro atoms. The van der Waals surface area contributed by atoms with E-state index in [9.17, 15) is 0 Å². The number of aliphatic hydroxyl groups excluding tert-OH is 1. The summed E-state index contributed by atoms with van der Waals surface area (Å²) >= 11 is 0. The van der Waals surface area contributed by atoms with Crippen molar-refractivity contribution < 1.29 is 9.84 Å². The fourth-order valence-corrected chi connectivity index (χ4v) is 1.72. The van der Waals surface area contributed by atoms with Crippen LogP contribution in [0.3, 0.4) is 0 Å². The SMILES string of the molecule is CCNc1ccnc(COc2ccc(CO)cc2)c1. The first-order valence-corrected chi connectivity index (χ1v) is 6.33. The lowest BCUT2D eigenvalue weighted by molar-refractivity contribution is 0.280. The molecule has 0 bridgehead atoms. The van der Waals surface area contributed by atoms with Gasteiger partial charge >= 0.3 is 0 Å². The maximum Gasteiger partial charge on any atom is 0.130 e. The van der Waals surface area contributed by atoms with Gasteiger partial charge in [0.2, 0.25) is 0 Å². The van der Waals surface area contributed by atoms with Gasteiger partial charge in [-0.3, -0.25) is 4.98 Å². The van der Waals surface area contributed by atoms with Gasteiger partial charge in [-0.25, -0.2) is 0 Å². The lowest BCUT2D eigenvalue weighted by atomic mass is 10.2. The van der Waals surface area contributed by atoms with Gasteiger partial charge in [0, 0.05) is 18.4 Å². The van der Waals surface area contributed by atoms with E-state index in [4.69, 9.17) is 9.84 Å². The molecule has 2 N–H and O–H groups in total. The highest BCUT2D eigenvalue weighted by Crippen LogP contribution is 2.15. The van der Waals surface area contributed by atoms with Gasteiger partial charge < -0.3 is 15.2 Å². The first-order valence-electron chi connectivity index (χ1n) is 6.33. The second kappa shape index (κ2) is 6.75. The van der Waals surface area contributed by atoms with E-state index in [1.54, 1.807) is 6.20 Å². The molecule has 0 saturated heterocycles. The third kappa shape index (κ3) is 3.96. The van der Waals surface area contributed by atoms with Crippen LogP contribution in [0.25, 0.3) is 0 Å². The molecule has 0 radical (unpaired) electrons. The fraction of sp³-hybridized carbons (Fsp3) is 0.267. The highest BCUT2D eigenvalue weighted by molar-refractivity contribution is 5.42. The summed E-state index contributed by atoms with van der Waals surface area (Å²) in [6, 6.07) is 11.3. The average Bonchev–Trinajstić information content (AvgIpc) is 2.46. The van der Waals surface area contributed by atoms with E-state index in [0.717, 1.165) is 29.2 Å². The Balaban J connectivity index is 1.95. The minimum Gasteiger partial charge on any atom is -0.487 e. The Morgan fingerprint density at radius 1 is 1.21 bits per heavy atom. The minimum atomic E-state index is 0.0482. The summed E-state index contributed by atoms with van der Waals surface area (Å²) in [5, 5.41) is 12.2. The van der Waals surface area contributed by atoms with Gasteiger partial charge in [0.25, 0.3) is 0 Å². The molecule has 4 nitrogen and oxygen atoms in total. The minimum absolute atomic E-state index is 0.0482. The van der Waals surface area contributed by atoms with Crippen molar-refractivity contribution in [3.63, 3.8) is 0 Å². The summed E-state index contributed by atoms with van der Waals surface area (Å²) in [6.45, 7) is 3.41. The van der Waals surface area contributed by atoms with Gasteiger partial charge in [-0.2, -0.15) is 0 Å². The largest absolute Gasteiger partial charge is 0.487 e. The van der Waals surface area contributed by atoms with E-state index in [2.05, 4.69) is 17.2 Å². The molecule has 100 valence electrons. The van der Waals surface area contributed by atoms with Gasteiger partial charge in [0.05, 0.1) is 12.3 Å². The Kier molecular flexibility index (Phi) is 4.75. The Morgan fingerprint density at radius 2 is 2.00 bits per heavy atom. The molecule has 0 fully saturated rings. The number of nitrogens with zero attached hydrogens (tertiary/aromatic N) is 1. The van der Waals surface area contributed by atoms with E-state index in [-0.39, 0.29) is 6.61 Å². The Hall–Kier alpha value is -2.07. The lowest BCUT2D eigenvalue weighted by Gasteiger charge is -2.08. The molecule has 4 heteroatoms. The molecule has 1 aromatic heterocycles. The molecule has 0 unspecified atom stereocenters. The molecule has 0 amide bonds. The number of rotatable bonds is 6. The maximum absolute atomic E-state index is 8.96. The van der Waals surface area contributed by atoms with Crippen molar-refractivity contribution in [1.82, 2.24) is 4.98 Å². The number of nitrogens with one attached hydrogen (secondary N) is 1. The van der Waals surface area contributed by atoms with Crippen molar-refractivity contribution in [3.8, 4) is 5.75 Å². The Labute approximate surface area is 113 Å². The van der Waals surface area contributed by atoms with Gasteiger partial charge in [0.1, 0.15) is 12.4 Å². The van der Waals surface area contributed by atoms with Gasteiger partial charge in [-0.1, -0.05) is 12.1 Å². The number of hydrogen-bond donors (Lipinski definition) is 2. The Morgan fingerprint density at radius 3 is 2.68 bits per heavy atom. The summed E-state index contributed by atoms with van der Waals surface area (Å²) in [5.74, 6) is 0.771. The van der Waals surface area contributed by atoms with Gasteiger partial charge in [0.15, 0.2) is 0 Å². The topological polar surface area (TPSA) is 54.4 Å². The van der Waals surface area contributed by atoms with E-state index in [0.29, 0.717) is 6.61 Å². The average molecular weight is 258 g/mol. The number of hydrogen-bond acceptors (Lipinski definition) is 4. The van der Waals surface area contributed by atoms with E-state index < -0.39 is 0 Å². The summed E-state index contributed by atoms with van der Waals surface area (Å²) in [5.41, 5.74) is 2.80. The number of pyridine rings is 1. The molecule has 0 saturated carbocycles. The van der Waals surface area contributed by atoms with Crippen molar-refractivity contribution >= 4 is 5.69 Å². The number of aliphatic hydroxyl groups is 1. The van der Waals surface area contributed by atoms with Crippen LogP contribution in [0.15, 0.2) is 42.6 Å². The molecule has 0 aliphatic heterocycles. The first kappa shape index (κ1) is 13.4. The van der Waals surface area contributed by atoms with Crippen LogP contribution >= 0.6 is 0 Å². The second-order valence-electron chi connectivity index (χ2n) is 4.16. The van der Waals surface area contributed by atoms with Crippen molar-refractivity contribution in [1.29, 1.82) is 0 Å².